The first-order valence-corrected chi connectivity index (χ1v) is 5.25. The molecule has 1 aromatic carbocycles. The van der Waals surface area contributed by atoms with Gasteiger partial charge in [-0.3, -0.25) is 4.68 Å². The topological polar surface area (TPSA) is 38.0 Å². The number of phenolic OH excluding ortho intramolecular Hbond substituents is 1. The highest BCUT2D eigenvalue weighted by Gasteiger charge is 2.10. The molecule has 0 fully saturated rings. The molecule has 0 spiro atoms. The second-order valence-electron chi connectivity index (χ2n) is 3.53. The Balaban J connectivity index is 2.73. The highest BCUT2D eigenvalue weighted by atomic mass is 79.9. The highest BCUT2D eigenvalue weighted by molar-refractivity contribution is 9.10. The number of nitrogens with zero attached hydrogens (tertiary/aromatic N) is 2. The van der Waals surface area contributed by atoms with Crippen LogP contribution in [-0.2, 0) is 0 Å². The second-order valence-corrected chi connectivity index (χ2v) is 4.28. The van der Waals surface area contributed by atoms with Crippen molar-refractivity contribution < 1.29 is 5.11 Å². The first kappa shape index (κ1) is 9.52. The van der Waals surface area contributed by atoms with Crippen LogP contribution in [0.2, 0.25) is 0 Å². The van der Waals surface area contributed by atoms with Crippen molar-refractivity contribution in [3.63, 3.8) is 0 Å². The van der Waals surface area contributed by atoms with Gasteiger partial charge in [0.25, 0.3) is 0 Å². The number of aromatic hydroxyl groups is 1. The van der Waals surface area contributed by atoms with Crippen molar-refractivity contribution >= 4 is 26.8 Å². The van der Waals surface area contributed by atoms with Gasteiger partial charge in [-0.2, -0.15) is 5.10 Å². The van der Waals surface area contributed by atoms with Gasteiger partial charge in [-0.1, -0.05) is 0 Å². The Morgan fingerprint density at radius 3 is 2.79 bits per heavy atom. The number of phenols is 1. The molecule has 0 unspecified atom stereocenters. The highest BCUT2D eigenvalue weighted by Crippen LogP contribution is 2.28. The van der Waals surface area contributed by atoms with E-state index in [0.717, 1.165) is 15.5 Å². The van der Waals surface area contributed by atoms with E-state index in [2.05, 4.69) is 34.9 Å². The van der Waals surface area contributed by atoms with Crippen LogP contribution in [-0.4, -0.2) is 14.9 Å². The number of hydrogen-bond acceptors (Lipinski definition) is 2. The number of benzene rings is 1. The maximum atomic E-state index is 9.30. The Bertz CT molecular complexity index is 476. The molecule has 0 radical (unpaired) electrons. The second kappa shape index (κ2) is 3.28. The van der Waals surface area contributed by atoms with Crippen molar-refractivity contribution in [2.75, 3.05) is 0 Å². The van der Waals surface area contributed by atoms with Crippen molar-refractivity contribution in [3.05, 3.63) is 22.8 Å². The van der Waals surface area contributed by atoms with Crippen LogP contribution < -0.4 is 0 Å². The summed E-state index contributed by atoms with van der Waals surface area (Å²) in [4.78, 5) is 0. The van der Waals surface area contributed by atoms with Gasteiger partial charge in [0.15, 0.2) is 0 Å². The van der Waals surface area contributed by atoms with Gasteiger partial charge in [-0.15, -0.1) is 0 Å². The predicted octanol–water partition coefficient (Wildman–Crippen LogP) is 3.09. The fraction of sp³-hybridized carbons (Fsp3) is 0.300. The Hall–Kier alpha value is -1.03. The summed E-state index contributed by atoms with van der Waals surface area (Å²) in [6, 6.07) is 5.50. The summed E-state index contributed by atoms with van der Waals surface area (Å²) in [6.45, 7) is 4.13. The number of rotatable bonds is 1. The lowest BCUT2D eigenvalue weighted by Crippen LogP contribution is -2.02. The molecule has 1 N–H and O–H groups in total. The minimum absolute atomic E-state index is 0.249. The van der Waals surface area contributed by atoms with Crippen LogP contribution in [0.4, 0.5) is 0 Å². The summed E-state index contributed by atoms with van der Waals surface area (Å²) in [5.41, 5.74) is 0.811. The average Bonchev–Trinajstić information content (AvgIpc) is 2.43. The number of halogens is 1. The molecule has 0 aliphatic rings. The first-order valence-electron chi connectivity index (χ1n) is 4.46. The average molecular weight is 255 g/mol. The van der Waals surface area contributed by atoms with Crippen LogP contribution in [0.5, 0.6) is 5.75 Å². The van der Waals surface area contributed by atoms with E-state index in [9.17, 15) is 5.11 Å². The molecule has 4 heteroatoms. The lowest BCUT2D eigenvalue weighted by molar-refractivity contribution is 0.476. The van der Waals surface area contributed by atoms with Crippen molar-refractivity contribution in [3.8, 4) is 5.75 Å². The molecule has 1 aromatic heterocycles. The van der Waals surface area contributed by atoms with Crippen LogP contribution in [0.3, 0.4) is 0 Å². The molecule has 3 nitrogen and oxygen atoms in total. The van der Waals surface area contributed by atoms with Crippen molar-refractivity contribution in [1.82, 2.24) is 9.78 Å². The standard InChI is InChI=1S/C10H11BrN2O/c1-6(2)13-10(11)8-4-3-7(14)5-9(8)12-13/h3-6,14H,1-2H3. The van der Waals surface area contributed by atoms with E-state index < -0.39 is 0 Å². The number of aromatic nitrogens is 2. The van der Waals surface area contributed by atoms with E-state index in [0.29, 0.717) is 6.04 Å². The van der Waals surface area contributed by atoms with E-state index in [1.165, 1.54) is 0 Å². The monoisotopic (exact) mass is 254 g/mol. The molecule has 0 saturated heterocycles. The van der Waals surface area contributed by atoms with Gasteiger partial charge < -0.3 is 5.11 Å². The molecule has 0 aliphatic carbocycles. The third-order valence-electron chi connectivity index (χ3n) is 2.11. The fourth-order valence-electron chi connectivity index (χ4n) is 1.40. The van der Waals surface area contributed by atoms with Gasteiger partial charge >= 0.3 is 0 Å². The van der Waals surface area contributed by atoms with Crippen LogP contribution in [0, 0.1) is 0 Å². The summed E-state index contributed by atoms with van der Waals surface area (Å²) < 4.78 is 2.85. The van der Waals surface area contributed by atoms with Crippen molar-refractivity contribution in [2.24, 2.45) is 0 Å². The summed E-state index contributed by atoms with van der Waals surface area (Å²) in [5.74, 6) is 0.249. The molecule has 14 heavy (non-hydrogen) atoms. The molecular weight excluding hydrogens is 244 g/mol. The molecule has 0 amide bonds. The Kier molecular flexibility index (Phi) is 2.23. The molecular formula is C10H11BrN2O. The molecule has 0 aliphatic heterocycles. The summed E-state index contributed by atoms with van der Waals surface area (Å²) in [6.07, 6.45) is 0. The number of fused-ring (bicyclic) bond motifs is 1. The van der Waals surface area contributed by atoms with Gasteiger partial charge in [-0.05, 0) is 41.9 Å². The lowest BCUT2D eigenvalue weighted by Gasteiger charge is -2.05. The van der Waals surface area contributed by atoms with Crippen molar-refractivity contribution in [1.29, 1.82) is 0 Å². The zero-order valence-electron chi connectivity index (χ0n) is 8.03. The Labute approximate surface area is 90.5 Å². The van der Waals surface area contributed by atoms with Crippen molar-refractivity contribution in [2.45, 2.75) is 19.9 Å². The van der Waals surface area contributed by atoms with Gasteiger partial charge in [0.2, 0.25) is 0 Å². The molecule has 0 atom stereocenters. The molecule has 1 heterocycles. The fourth-order valence-corrected chi connectivity index (χ4v) is 2.23. The first-order chi connectivity index (χ1) is 6.59. The molecule has 0 saturated carbocycles. The minimum Gasteiger partial charge on any atom is -0.508 e. The zero-order valence-corrected chi connectivity index (χ0v) is 9.62. The van der Waals surface area contributed by atoms with Gasteiger partial charge in [0.05, 0.1) is 5.52 Å². The minimum atomic E-state index is 0.249. The van der Waals surface area contributed by atoms with E-state index in [-0.39, 0.29) is 5.75 Å². The maximum absolute atomic E-state index is 9.30. The molecule has 0 bridgehead atoms. The normalized spacial score (nSPS) is 11.4. The van der Waals surface area contributed by atoms with E-state index in [4.69, 9.17) is 0 Å². The third kappa shape index (κ3) is 1.39. The van der Waals surface area contributed by atoms with Gasteiger partial charge in [0.1, 0.15) is 10.4 Å². The van der Waals surface area contributed by atoms with Crippen LogP contribution in [0.15, 0.2) is 22.8 Å². The molecule has 2 rings (SSSR count). The number of hydrogen-bond donors (Lipinski definition) is 1. The molecule has 2 aromatic rings. The Morgan fingerprint density at radius 2 is 2.14 bits per heavy atom. The van der Waals surface area contributed by atoms with E-state index in [1.807, 2.05) is 10.7 Å². The van der Waals surface area contributed by atoms with Crippen LogP contribution >= 0.6 is 15.9 Å². The summed E-state index contributed by atoms with van der Waals surface area (Å²) in [7, 11) is 0. The van der Waals surface area contributed by atoms with E-state index in [1.54, 1.807) is 12.1 Å². The van der Waals surface area contributed by atoms with Gasteiger partial charge in [0, 0.05) is 17.5 Å². The largest absolute Gasteiger partial charge is 0.508 e. The lowest BCUT2D eigenvalue weighted by atomic mass is 10.2. The SMILES string of the molecule is CC(C)n1nc2cc(O)ccc2c1Br. The summed E-state index contributed by atoms with van der Waals surface area (Å²) >= 11 is 3.50. The summed E-state index contributed by atoms with van der Waals surface area (Å²) in [5, 5.41) is 14.7. The predicted molar refractivity (Wildman–Crippen MR) is 59.5 cm³/mol. The quantitative estimate of drug-likeness (QED) is 0.850. The smallest absolute Gasteiger partial charge is 0.117 e. The Morgan fingerprint density at radius 1 is 1.43 bits per heavy atom. The molecule has 74 valence electrons. The van der Waals surface area contributed by atoms with Gasteiger partial charge in [-0.25, -0.2) is 0 Å². The third-order valence-corrected chi connectivity index (χ3v) is 2.90. The maximum Gasteiger partial charge on any atom is 0.117 e. The van der Waals surface area contributed by atoms with E-state index >= 15 is 0 Å². The van der Waals surface area contributed by atoms with Crippen LogP contribution in [0.25, 0.3) is 10.9 Å². The van der Waals surface area contributed by atoms with Crippen LogP contribution in [0.1, 0.15) is 19.9 Å². The zero-order chi connectivity index (χ0) is 10.3.